The highest BCUT2D eigenvalue weighted by Crippen LogP contribution is 2.57. The minimum Gasteiger partial charge on any atom is -0.491 e. The van der Waals surface area contributed by atoms with Crippen LogP contribution in [-0.2, 0) is 19.2 Å². The second-order valence-corrected chi connectivity index (χ2v) is 9.51. The first-order valence-corrected chi connectivity index (χ1v) is 12.2. The third kappa shape index (κ3) is 3.22. The van der Waals surface area contributed by atoms with Gasteiger partial charge in [-0.25, -0.2) is 0 Å². The fourth-order valence-electron chi connectivity index (χ4n) is 6.65. The second-order valence-electron chi connectivity index (χ2n) is 9.51. The molecular formula is C26H30N2O6. The molecule has 3 fully saturated rings. The van der Waals surface area contributed by atoms with Gasteiger partial charge in [0.15, 0.2) is 0 Å². The minimum atomic E-state index is -0.509. The molecule has 2 aliphatic heterocycles. The number of likely N-dealkylation sites (tertiary alicyclic amines) is 2. The van der Waals surface area contributed by atoms with Gasteiger partial charge in [0.1, 0.15) is 12.4 Å². The molecular weight excluding hydrogens is 436 g/mol. The minimum absolute atomic E-state index is 0.0871. The Morgan fingerprint density at radius 2 is 1.47 bits per heavy atom. The van der Waals surface area contributed by atoms with E-state index in [1.165, 1.54) is 9.80 Å². The van der Waals surface area contributed by atoms with Crippen molar-refractivity contribution in [3.05, 3.63) is 41.5 Å². The van der Waals surface area contributed by atoms with E-state index >= 15 is 0 Å². The van der Waals surface area contributed by atoms with Crippen LogP contribution in [0.5, 0.6) is 5.75 Å². The van der Waals surface area contributed by atoms with Crippen LogP contribution in [-0.4, -0.2) is 64.8 Å². The number of allylic oxidation sites excluding steroid dienone is 2. The number of amides is 4. The number of rotatable bonds is 6. The van der Waals surface area contributed by atoms with Gasteiger partial charge in [-0.1, -0.05) is 23.8 Å². The van der Waals surface area contributed by atoms with Gasteiger partial charge in [-0.15, -0.1) is 0 Å². The third-order valence-electron chi connectivity index (χ3n) is 8.06. The van der Waals surface area contributed by atoms with Crippen LogP contribution < -0.4 is 4.74 Å². The zero-order valence-electron chi connectivity index (χ0n) is 19.5. The quantitative estimate of drug-likeness (QED) is 0.506. The number of hydrogen-bond acceptors (Lipinski definition) is 6. The van der Waals surface area contributed by atoms with Crippen LogP contribution in [0.15, 0.2) is 35.9 Å². The van der Waals surface area contributed by atoms with Gasteiger partial charge in [0.25, 0.3) is 0 Å². The predicted octanol–water partition coefficient (Wildman–Crippen LogP) is 1.73. The molecule has 1 saturated carbocycles. The lowest BCUT2D eigenvalue weighted by Crippen LogP contribution is -2.43. The molecule has 2 aliphatic carbocycles. The maximum absolute atomic E-state index is 13.4. The van der Waals surface area contributed by atoms with Gasteiger partial charge >= 0.3 is 0 Å². The fourth-order valence-corrected chi connectivity index (χ4v) is 6.65. The Morgan fingerprint density at radius 1 is 0.853 bits per heavy atom. The van der Waals surface area contributed by atoms with Crippen LogP contribution in [0.1, 0.15) is 38.2 Å². The molecule has 180 valence electrons. The normalized spacial score (nSPS) is 32.5. The van der Waals surface area contributed by atoms with E-state index in [-0.39, 0.29) is 54.6 Å². The van der Waals surface area contributed by atoms with E-state index in [9.17, 15) is 19.2 Å². The molecule has 34 heavy (non-hydrogen) atoms. The molecule has 1 aromatic carbocycles. The molecule has 0 radical (unpaired) electrons. The fraction of sp³-hybridized carbons (Fsp3) is 0.538. The molecule has 0 unspecified atom stereocenters. The zero-order valence-corrected chi connectivity index (χ0v) is 19.5. The topological polar surface area (TPSA) is 104 Å². The highest BCUT2D eigenvalue weighted by molar-refractivity contribution is 6.07. The lowest BCUT2D eigenvalue weighted by atomic mass is 9.57. The van der Waals surface area contributed by atoms with Crippen molar-refractivity contribution < 1.29 is 29.0 Å². The maximum Gasteiger partial charge on any atom is 0.234 e. The summed E-state index contributed by atoms with van der Waals surface area (Å²) in [6.45, 7) is 4.37. The van der Waals surface area contributed by atoms with Gasteiger partial charge in [-0.3, -0.25) is 29.0 Å². The number of benzene rings is 1. The van der Waals surface area contributed by atoms with Crippen LogP contribution in [0, 0.1) is 29.6 Å². The largest absolute Gasteiger partial charge is 0.491 e. The summed E-state index contributed by atoms with van der Waals surface area (Å²) in [5.74, 6) is -2.43. The first-order valence-electron chi connectivity index (χ1n) is 12.2. The summed E-state index contributed by atoms with van der Waals surface area (Å²) in [6.07, 6.45) is 2.95. The Labute approximate surface area is 198 Å². The molecule has 1 N–H and O–H groups in total. The first-order chi connectivity index (χ1) is 16.4. The van der Waals surface area contributed by atoms with Crippen LogP contribution in [0.25, 0.3) is 0 Å². The average molecular weight is 467 g/mol. The van der Waals surface area contributed by atoms with Crippen molar-refractivity contribution in [1.82, 2.24) is 9.80 Å². The van der Waals surface area contributed by atoms with Crippen molar-refractivity contribution >= 4 is 23.6 Å². The van der Waals surface area contributed by atoms with Gasteiger partial charge in [0.2, 0.25) is 23.6 Å². The third-order valence-corrected chi connectivity index (χ3v) is 8.06. The summed E-state index contributed by atoms with van der Waals surface area (Å²) in [7, 11) is 0. The van der Waals surface area contributed by atoms with Crippen LogP contribution in [0.3, 0.4) is 0 Å². The number of ether oxygens (including phenoxy) is 1. The SMILES string of the molecule is CCN1C(=O)[C@H]2[C@H](CC=C3[C@H]2C[C@H]2C(=O)N(CC)C(=O)[C@H]2[C@H]3c2ccc(OCCO)cc2)C1=O. The van der Waals surface area contributed by atoms with E-state index in [4.69, 9.17) is 9.84 Å². The Morgan fingerprint density at radius 3 is 2.09 bits per heavy atom. The molecule has 8 heteroatoms. The van der Waals surface area contributed by atoms with E-state index in [1.807, 2.05) is 12.1 Å². The summed E-state index contributed by atoms with van der Waals surface area (Å²) in [5, 5.41) is 9.01. The summed E-state index contributed by atoms with van der Waals surface area (Å²) < 4.78 is 5.49. The zero-order chi connectivity index (χ0) is 24.1. The number of imide groups is 2. The van der Waals surface area contributed by atoms with Crippen molar-refractivity contribution in [3.63, 3.8) is 0 Å². The van der Waals surface area contributed by atoms with Crippen molar-refractivity contribution in [1.29, 1.82) is 0 Å². The number of aliphatic hydroxyl groups excluding tert-OH is 1. The summed E-state index contributed by atoms with van der Waals surface area (Å²) >= 11 is 0. The summed E-state index contributed by atoms with van der Waals surface area (Å²) in [4.78, 5) is 55.5. The molecule has 1 aromatic rings. The Balaban J connectivity index is 1.58. The van der Waals surface area contributed by atoms with Crippen molar-refractivity contribution in [2.75, 3.05) is 26.3 Å². The molecule has 0 aromatic heterocycles. The smallest absolute Gasteiger partial charge is 0.234 e. The Kier molecular flexibility index (Phi) is 5.80. The molecule has 5 rings (SSSR count). The Bertz CT molecular complexity index is 1060. The van der Waals surface area contributed by atoms with Gasteiger partial charge in [-0.05, 0) is 50.3 Å². The average Bonchev–Trinajstić information content (AvgIpc) is 3.25. The highest BCUT2D eigenvalue weighted by Gasteiger charge is 2.61. The number of nitrogens with zero attached hydrogens (tertiary/aromatic N) is 2. The molecule has 4 amide bonds. The molecule has 2 heterocycles. The van der Waals surface area contributed by atoms with Gasteiger partial charge < -0.3 is 9.84 Å². The van der Waals surface area contributed by atoms with E-state index in [0.29, 0.717) is 31.7 Å². The number of carbonyl (C=O) groups excluding carboxylic acids is 4. The summed E-state index contributed by atoms with van der Waals surface area (Å²) in [5.41, 5.74) is 1.90. The monoisotopic (exact) mass is 466 g/mol. The second kappa shape index (κ2) is 8.65. The van der Waals surface area contributed by atoms with Crippen LogP contribution in [0.2, 0.25) is 0 Å². The number of aliphatic hydroxyl groups is 1. The molecule has 0 spiro atoms. The standard InChI is InChI=1S/C26H30N2O6/c1-3-27-23(30)17-10-9-16-18(21(17)25(27)32)13-19-22(26(33)28(4-2)24(19)31)20(16)14-5-7-15(8-6-14)34-12-11-29/h5-9,17-22,29H,3-4,10-13H2,1-2H3/t17-,18+,19+,20-,21-,22+/m0/s1. The Hall–Kier alpha value is -3.00. The number of hydrogen-bond donors (Lipinski definition) is 1. The van der Waals surface area contributed by atoms with Crippen molar-refractivity contribution in [3.8, 4) is 5.75 Å². The van der Waals surface area contributed by atoms with Gasteiger partial charge in [0, 0.05) is 19.0 Å². The summed E-state index contributed by atoms with van der Waals surface area (Å²) in [6, 6.07) is 7.40. The molecule has 0 bridgehead atoms. The molecule has 6 atom stereocenters. The number of carbonyl (C=O) groups is 4. The van der Waals surface area contributed by atoms with E-state index in [1.54, 1.807) is 26.0 Å². The van der Waals surface area contributed by atoms with Gasteiger partial charge in [-0.2, -0.15) is 0 Å². The first kappa shape index (κ1) is 22.8. The van der Waals surface area contributed by atoms with Crippen molar-refractivity contribution in [2.24, 2.45) is 29.6 Å². The van der Waals surface area contributed by atoms with E-state index < -0.39 is 17.8 Å². The lowest BCUT2D eigenvalue weighted by molar-refractivity contribution is -0.141. The van der Waals surface area contributed by atoms with Crippen molar-refractivity contribution in [2.45, 2.75) is 32.6 Å². The molecule has 2 saturated heterocycles. The highest BCUT2D eigenvalue weighted by atomic mass is 16.5. The molecule has 4 aliphatic rings. The van der Waals surface area contributed by atoms with Gasteiger partial charge in [0.05, 0.1) is 30.3 Å². The van der Waals surface area contributed by atoms with Crippen LogP contribution in [0.4, 0.5) is 0 Å². The van der Waals surface area contributed by atoms with Crippen LogP contribution >= 0.6 is 0 Å². The molecule has 8 nitrogen and oxygen atoms in total. The maximum atomic E-state index is 13.4. The van der Waals surface area contributed by atoms with E-state index in [0.717, 1.165) is 11.1 Å². The number of fused-ring (bicyclic) bond motifs is 4. The lowest BCUT2D eigenvalue weighted by Gasteiger charge is -2.44. The van der Waals surface area contributed by atoms with E-state index in [2.05, 4.69) is 6.08 Å². The predicted molar refractivity (Wildman–Crippen MR) is 121 cm³/mol.